The first-order valence-electron chi connectivity index (χ1n) is 4.96. The molecule has 0 aromatic heterocycles. The number of anilines is 2. The summed E-state index contributed by atoms with van der Waals surface area (Å²) in [6, 6.07) is 4.14. The Labute approximate surface area is 96.1 Å². The lowest BCUT2D eigenvalue weighted by atomic mass is 10.1. The van der Waals surface area contributed by atoms with Gasteiger partial charge in [-0.1, -0.05) is 6.07 Å². The molecule has 0 heterocycles. The fraction of sp³-hybridized carbons (Fsp3) is 0.364. The highest BCUT2D eigenvalue weighted by atomic mass is 32.1. The minimum absolute atomic E-state index is 0.296. The number of rotatable bonds is 3. The number of hydrogen-bond donors (Lipinski definition) is 3. The van der Waals surface area contributed by atoms with Gasteiger partial charge in [0.15, 0.2) is 5.11 Å². The van der Waals surface area contributed by atoms with Gasteiger partial charge in [-0.2, -0.15) is 0 Å². The Morgan fingerprint density at radius 1 is 1.27 bits per heavy atom. The molecule has 0 radical (unpaired) electrons. The molecule has 82 valence electrons. The zero-order valence-corrected chi connectivity index (χ0v) is 10.2. The summed E-state index contributed by atoms with van der Waals surface area (Å²) in [5.41, 5.74) is 9.90. The second kappa shape index (κ2) is 4.98. The number of aryl methyl sites for hydroxylation is 2. The third-order valence-corrected chi connectivity index (χ3v) is 2.30. The Kier molecular flexibility index (Phi) is 3.91. The monoisotopic (exact) mass is 223 g/mol. The van der Waals surface area contributed by atoms with Crippen molar-refractivity contribution in [1.29, 1.82) is 0 Å². The summed E-state index contributed by atoms with van der Waals surface area (Å²) in [7, 11) is 0. The molecule has 0 atom stereocenters. The number of thiocarbonyl (C=S) groups is 1. The molecule has 1 aromatic carbocycles. The standard InChI is InChI=1S/C11H17N3S/c1-4-13-9-6-10(14-11(12)15)8(3)5-7(9)2/h5-6,13H,4H2,1-3H3,(H3,12,14,15). The molecule has 1 aromatic rings. The first-order valence-corrected chi connectivity index (χ1v) is 5.37. The topological polar surface area (TPSA) is 50.1 Å². The largest absolute Gasteiger partial charge is 0.385 e. The van der Waals surface area contributed by atoms with Gasteiger partial charge in [-0.05, 0) is 50.2 Å². The van der Waals surface area contributed by atoms with Gasteiger partial charge in [-0.3, -0.25) is 0 Å². The molecule has 15 heavy (non-hydrogen) atoms. The fourth-order valence-electron chi connectivity index (χ4n) is 1.50. The van der Waals surface area contributed by atoms with Gasteiger partial charge in [-0.25, -0.2) is 0 Å². The SMILES string of the molecule is CCNc1cc(NC(N)=S)c(C)cc1C. The smallest absolute Gasteiger partial charge is 0.168 e. The van der Waals surface area contributed by atoms with Crippen LogP contribution in [0.5, 0.6) is 0 Å². The molecular weight excluding hydrogens is 206 g/mol. The van der Waals surface area contributed by atoms with Gasteiger partial charge < -0.3 is 16.4 Å². The highest BCUT2D eigenvalue weighted by molar-refractivity contribution is 7.80. The van der Waals surface area contributed by atoms with Crippen molar-refractivity contribution in [2.24, 2.45) is 5.73 Å². The average Bonchev–Trinajstić information content (AvgIpc) is 2.12. The van der Waals surface area contributed by atoms with Crippen LogP contribution in [-0.2, 0) is 0 Å². The van der Waals surface area contributed by atoms with Crippen LogP contribution in [0.1, 0.15) is 18.1 Å². The van der Waals surface area contributed by atoms with E-state index in [1.165, 1.54) is 5.56 Å². The maximum atomic E-state index is 5.46. The highest BCUT2D eigenvalue weighted by Crippen LogP contribution is 2.24. The maximum Gasteiger partial charge on any atom is 0.168 e. The van der Waals surface area contributed by atoms with Gasteiger partial charge in [0.2, 0.25) is 0 Å². The predicted octanol–water partition coefficient (Wildman–Crippen LogP) is 2.39. The number of benzene rings is 1. The van der Waals surface area contributed by atoms with E-state index in [0.717, 1.165) is 23.5 Å². The number of hydrogen-bond acceptors (Lipinski definition) is 2. The van der Waals surface area contributed by atoms with Gasteiger partial charge in [0.25, 0.3) is 0 Å². The summed E-state index contributed by atoms with van der Waals surface area (Å²) in [4.78, 5) is 0. The molecule has 4 N–H and O–H groups in total. The molecule has 0 bridgehead atoms. The van der Waals surface area contributed by atoms with Crippen molar-refractivity contribution in [3.8, 4) is 0 Å². The molecule has 0 aliphatic rings. The molecule has 0 unspecified atom stereocenters. The maximum absolute atomic E-state index is 5.46. The van der Waals surface area contributed by atoms with E-state index < -0.39 is 0 Å². The van der Waals surface area contributed by atoms with Crippen LogP contribution < -0.4 is 16.4 Å². The Bertz CT molecular complexity index is 374. The van der Waals surface area contributed by atoms with Crippen molar-refractivity contribution in [2.75, 3.05) is 17.2 Å². The lowest BCUT2D eigenvalue weighted by molar-refractivity contribution is 1.19. The first-order chi connectivity index (χ1) is 7.04. The lowest BCUT2D eigenvalue weighted by Crippen LogP contribution is -2.19. The quantitative estimate of drug-likeness (QED) is 0.689. The van der Waals surface area contributed by atoms with Gasteiger partial charge in [-0.15, -0.1) is 0 Å². The van der Waals surface area contributed by atoms with Crippen LogP contribution in [0, 0.1) is 13.8 Å². The predicted molar refractivity (Wildman–Crippen MR) is 70.5 cm³/mol. The second-order valence-electron chi connectivity index (χ2n) is 3.50. The van der Waals surface area contributed by atoms with E-state index in [1.807, 2.05) is 13.0 Å². The molecular formula is C11H17N3S. The molecule has 0 saturated carbocycles. The Morgan fingerprint density at radius 2 is 1.87 bits per heavy atom. The molecule has 0 aliphatic heterocycles. The van der Waals surface area contributed by atoms with Gasteiger partial charge in [0.05, 0.1) is 0 Å². The molecule has 4 heteroatoms. The van der Waals surface area contributed by atoms with Crippen LogP contribution in [0.25, 0.3) is 0 Å². The Hall–Kier alpha value is -1.29. The van der Waals surface area contributed by atoms with Crippen LogP contribution >= 0.6 is 12.2 Å². The molecule has 0 amide bonds. The van der Waals surface area contributed by atoms with Crippen molar-refractivity contribution in [2.45, 2.75) is 20.8 Å². The summed E-state index contributed by atoms with van der Waals surface area (Å²) in [5.74, 6) is 0. The Morgan fingerprint density at radius 3 is 2.40 bits per heavy atom. The van der Waals surface area contributed by atoms with E-state index in [4.69, 9.17) is 18.0 Å². The van der Waals surface area contributed by atoms with E-state index >= 15 is 0 Å². The van der Waals surface area contributed by atoms with Crippen LogP contribution in [0.15, 0.2) is 12.1 Å². The lowest BCUT2D eigenvalue weighted by Gasteiger charge is -2.13. The van der Waals surface area contributed by atoms with E-state index in [2.05, 4.69) is 30.5 Å². The van der Waals surface area contributed by atoms with Crippen LogP contribution in [0.2, 0.25) is 0 Å². The average molecular weight is 223 g/mol. The van der Waals surface area contributed by atoms with E-state index in [1.54, 1.807) is 0 Å². The highest BCUT2D eigenvalue weighted by Gasteiger charge is 2.04. The van der Waals surface area contributed by atoms with Crippen molar-refractivity contribution in [3.05, 3.63) is 23.3 Å². The van der Waals surface area contributed by atoms with Gasteiger partial charge in [0.1, 0.15) is 0 Å². The van der Waals surface area contributed by atoms with Crippen molar-refractivity contribution in [3.63, 3.8) is 0 Å². The Balaban J connectivity index is 3.05. The summed E-state index contributed by atoms with van der Waals surface area (Å²) in [5, 5.41) is 6.56. The zero-order chi connectivity index (χ0) is 11.4. The van der Waals surface area contributed by atoms with Crippen molar-refractivity contribution >= 4 is 28.7 Å². The van der Waals surface area contributed by atoms with E-state index in [-0.39, 0.29) is 0 Å². The zero-order valence-electron chi connectivity index (χ0n) is 9.35. The van der Waals surface area contributed by atoms with E-state index in [0.29, 0.717) is 5.11 Å². The minimum Gasteiger partial charge on any atom is -0.385 e. The molecule has 3 nitrogen and oxygen atoms in total. The van der Waals surface area contributed by atoms with Crippen LogP contribution in [0.3, 0.4) is 0 Å². The summed E-state index contributed by atoms with van der Waals surface area (Å²) < 4.78 is 0. The third kappa shape index (κ3) is 3.09. The van der Waals surface area contributed by atoms with Crippen molar-refractivity contribution in [1.82, 2.24) is 0 Å². The molecule has 0 saturated heterocycles. The first kappa shape index (κ1) is 11.8. The molecule has 0 spiro atoms. The third-order valence-electron chi connectivity index (χ3n) is 2.20. The number of nitrogens with two attached hydrogens (primary N) is 1. The second-order valence-corrected chi connectivity index (χ2v) is 3.94. The van der Waals surface area contributed by atoms with Gasteiger partial charge >= 0.3 is 0 Å². The van der Waals surface area contributed by atoms with Crippen LogP contribution in [-0.4, -0.2) is 11.7 Å². The summed E-state index contributed by atoms with van der Waals surface area (Å²) in [6.45, 7) is 7.08. The van der Waals surface area contributed by atoms with Gasteiger partial charge in [0, 0.05) is 17.9 Å². The summed E-state index contributed by atoms with van der Waals surface area (Å²) in [6.07, 6.45) is 0. The molecule has 0 fully saturated rings. The summed E-state index contributed by atoms with van der Waals surface area (Å²) >= 11 is 4.82. The molecule has 0 aliphatic carbocycles. The van der Waals surface area contributed by atoms with Crippen LogP contribution in [0.4, 0.5) is 11.4 Å². The minimum atomic E-state index is 0.296. The van der Waals surface area contributed by atoms with E-state index in [9.17, 15) is 0 Å². The molecule has 1 rings (SSSR count). The normalized spacial score (nSPS) is 9.80. The fourth-order valence-corrected chi connectivity index (χ4v) is 1.61. The number of nitrogens with one attached hydrogen (secondary N) is 2. The van der Waals surface area contributed by atoms with Crippen molar-refractivity contribution < 1.29 is 0 Å².